The molecule has 39 heavy (non-hydrogen) atoms. The van der Waals surface area contributed by atoms with Crippen molar-refractivity contribution in [1.82, 2.24) is 14.0 Å². The number of benzene rings is 2. The summed E-state index contributed by atoms with van der Waals surface area (Å²) in [6.07, 6.45) is 4.13. The predicted molar refractivity (Wildman–Crippen MR) is 150 cm³/mol. The second-order valence-electron chi connectivity index (χ2n) is 9.02. The lowest BCUT2D eigenvalue weighted by Crippen LogP contribution is -3.00. The Balaban J connectivity index is 0.00000353. The number of nitrogens with zero attached hydrogens (tertiary/aromatic N) is 5. The van der Waals surface area contributed by atoms with Gasteiger partial charge in [0.15, 0.2) is 17.2 Å². The summed E-state index contributed by atoms with van der Waals surface area (Å²) in [7, 11) is 6.64. The zero-order chi connectivity index (χ0) is 26.8. The number of methoxy groups -OCH3 is 3. The van der Waals surface area contributed by atoms with Crippen molar-refractivity contribution < 1.29 is 31.2 Å². The number of hydrogen-bond acceptors (Lipinski definition) is 7. The zero-order valence-electron chi connectivity index (χ0n) is 22.6. The van der Waals surface area contributed by atoms with E-state index in [9.17, 15) is 4.79 Å². The van der Waals surface area contributed by atoms with Crippen molar-refractivity contribution in [3.8, 4) is 34.2 Å². The number of aromatic nitrogens is 3. The molecule has 4 aromatic rings. The molecule has 5 rings (SSSR count). The van der Waals surface area contributed by atoms with Crippen molar-refractivity contribution in [3.63, 3.8) is 0 Å². The first-order chi connectivity index (χ1) is 18.5. The van der Waals surface area contributed by atoms with Gasteiger partial charge in [-0.2, -0.15) is 5.10 Å². The van der Waals surface area contributed by atoms with Crippen LogP contribution in [0.15, 0.2) is 62.7 Å². The first-order valence-electron chi connectivity index (χ1n) is 12.4. The van der Waals surface area contributed by atoms with E-state index in [-0.39, 0.29) is 22.5 Å². The highest BCUT2D eigenvalue weighted by atomic mass is 79.9. The van der Waals surface area contributed by atoms with Crippen molar-refractivity contribution in [2.45, 2.75) is 32.6 Å². The molecular weight excluding hydrogens is 582 g/mol. The van der Waals surface area contributed by atoms with Crippen molar-refractivity contribution in [2.75, 3.05) is 21.3 Å². The van der Waals surface area contributed by atoms with E-state index in [4.69, 9.17) is 24.3 Å². The highest BCUT2D eigenvalue weighted by Gasteiger charge is 2.20. The summed E-state index contributed by atoms with van der Waals surface area (Å²) in [6.45, 7) is 1.90. The monoisotopic (exact) mass is 612 g/mol. The average Bonchev–Trinajstić information content (AvgIpc) is 3.65. The van der Waals surface area contributed by atoms with Crippen LogP contribution in [0.3, 0.4) is 0 Å². The van der Waals surface area contributed by atoms with Gasteiger partial charge in [0, 0.05) is 23.7 Å². The molecule has 0 aliphatic heterocycles. The Bertz CT molecular complexity index is 1600. The first kappa shape index (κ1) is 28.4. The predicted octanol–water partition coefficient (Wildman–Crippen LogP) is 2.05. The minimum atomic E-state index is -0.181. The lowest BCUT2D eigenvalue weighted by Gasteiger charge is -2.14. The van der Waals surface area contributed by atoms with E-state index in [1.165, 1.54) is 11.3 Å². The van der Waals surface area contributed by atoms with Crippen LogP contribution in [0.1, 0.15) is 31.4 Å². The summed E-state index contributed by atoms with van der Waals surface area (Å²) >= 11 is 1.43. The number of ether oxygens (including phenoxy) is 3. The van der Waals surface area contributed by atoms with Crippen LogP contribution in [-0.4, -0.2) is 41.1 Å². The van der Waals surface area contributed by atoms with Crippen LogP contribution in [0.2, 0.25) is 0 Å². The van der Waals surface area contributed by atoms with Gasteiger partial charge in [0.1, 0.15) is 0 Å². The lowest BCUT2D eigenvalue weighted by molar-refractivity contribution is -0.00000867. The number of thiazole rings is 1. The Kier molecular flexibility index (Phi) is 8.81. The fourth-order valence-corrected chi connectivity index (χ4v) is 5.54. The first-order valence-corrected chi connectivity index (χ1v) is 13.3. The molecule has 0 unspecified atom stereocenters. The van der Waals surface area contributed by atoms with E-state index in [0.717, 1.165) is 54.0 Å². The Morgan fingerprint density at radius 1 is 0.949 bits per heavy atom. The Morgan fingerprint density at radius 3 is 2.18 bits per heavy atom. The van der Waals surface area contributed by atoms with Crippen molar-refractivity contribution >= 4 is 22.7 Å². The van der Waals surface area contributed by atoms with Gasteiger partial charge in [-0.25, -0.2) is 14.4 Å². The fraction of sp³-hybridized carbons (Fsp3) is 0.321. The molecule has 9 nitrogen and oxygen atoms in total. The molecule has 2 aromatic carbocycles. The molecule has 2 aromatic heterocycles. The van der Waals surface area contributed by atoms with Gasteiger partial charge in [0.2, 0.25) is 10.6 Å². The fourth-order valence-electron chi connectivity index (χ4n) is 4.70. The Hall–Kier alpha value is -3.57. The molecule has 1 fully saturated rings. The number of halogens is 1. The largest absolute Gasteiger partial charge is 1.00 e. The van der Waals surface area contributed by atoms with Crippen LogP contribution in [0.5, 0.6) is 17.2 Å². The minimum Gasteiger partial charge on any atom is -1.00 e. The highest BCUT2D eigenvalue weighted by molar-refractivity contribution is 7.07. The molecule has 0 bridgehead atoms. The van der Waals surface area contributed by atoms with E-state index in [0.29, 0.717) is 27.7 Å². The highest BCUT2D eigenvalue weighted by Crippen LogP contribution is 2.41. The number of hydrogen-bond donors (Lipinski definition) is 0. The number of rotatable bonds is 7. The molecule has 1 aliphatic rings. The molecule has 0 N–H and O–H groups in total. The van der Waals surface area contributed by atoms with Crippen molar-refractivity contribution in [3.05, 3.63) is 68.7 Å². The molecule has 1 aliphatic carbocycles. The maximum absolute atomic E-state index is 13.5. The van der Waals surface area contributed by atoms with E-state index in [2.05, 4.69) is 0 Å². The molecule has 206 valence electrons. The van der Waals surface area contributed by atoms with Crippen molar-refractivity contribution in [2.24, 2.45) is 17.1 Å². The molecule has 11 heteroatoms. The third-order valence-electron chi connectivity index (χ3n) is 6.80. The van der Waals surface area contributed by atoms with Gasteiger partial charge < -0.3 is 31.2 Å². The summed E-state index contributed by atoms with van der Waals surface area (Å²) in [5, 5.41) is 7.00. The second kappa shape index (κ2) is 12.1. The van der Waals surface area contributed by atoms with Crippen LogP contribution in [-0.2, 0) is 7.05 Å². The average molecular weight is 614 g/mol. The Labute approximate surface area is 241 Å². The van der Waals surface area contributed by atoms with Gasteiger partial charge in [0.05, 0.1) is 38.4 Å². The standard InChI is InChI=1S/C28H31N5O4S.BrH/c1-18-25(27(34)33(31(18)2)21-13-7-6-8-14-21)29-28-32(30-20-11-9-10-12-20)22(17-38-28)19-15-23(35-3)26(37-5)24(16-19)36-4;/h6-8,13-17H,9-12H2,1-5H3;1H/p-1. The van der Waals surface area contributed by atoms with E-state index in [1.54, 1.807) is 26.0 Å². The SMILES string of the molecule is COc1cc(-c2csc(=Nc3c(C)n(C)n(-c4ccccc4)c3=O)n2N=C2CCCC2)cc(OC)c1OC.[Br-]. The van der Waals surface area contributed by atoms with Crippen LogP contribution in [0, 0.1) is 6.92 Å². The summed E-state index contributed by atoms with van der Waals surface area (Å²) in [4.78, 5) is 19.0. The molecule has 0 atom stereocenters. The molecule has 0 saturated heterocycles. The van der Waals surface area contributed by atoms with Crippen LogP contribution < -0.4 is 41.6 Å². The molecule has 0 radical (unpaired) electrons. The summed E-state index contributed by atoms with van der Waals surface area (Å²) < 4.78 is 22.0. The van der Waals surface area contributed by atoms with E-state index >= 15 is 0 Å². The smallest absolute Gasteiger partial charge is 0.297 e. The Morgan fingerprint density at radius 2 is 1.59 bits per heavy atom. The van der Waals surface area contributed by atoms with Gasteiger partial charge >= 0.3 is 0 Å². The maximum Gasteiger partial charge on any atom is 0.297 e. The summed E-state index contributed by atoms with van der Waals surface area (Å²) in [5.74, 6) is 1.63. The molecule has 2 heterocycles. The van der Waals surface area contributed by atoms with Gasteiger partial charge in [-0.3, -0.25) is 9.48 Å². The van der Waals surface area contributed by atoms with Crippen molar-refractivity contribution in [1.29, 1.82) is 0 Å². The van der Waals surface area contributed by atoms with Gasteiger partial charge in [-0.1, -0.05) is 18.2 Å². The number of para-hydroxylation sites is 1. The van der Waals surface area contributed by atoms with Gasteiger partial charge in [-0.05, 0) is 56.9 Å². The normalized spacial score (nSPS) is 13.4. The third kappa shape index (κ3) is 5.33. The van der Waals surface area contributed by atoms with Crippen LogP contribution in [0.4, 0.5) is 5.69 Å². The minimum absolute atomic E-state index is 0. The van der Waals surface area contributed by atoms with Crippen LogP contribution in [0.25, 0.3) is 16.9 Å². The van der Waals surface area contributed by atoms with Crippen LogP contribution >= 0.6 is 11.3 Å². The summed E-state index contributed by atoms with van der Waals surface area (Å²) in [6, 6.07) is 13.4. The van der Waals surface area contributed by atoms with E-state index < -0.39 is 0 Å². The maximum atomic E-state index is 13.5. The molecular formula is C28H31BrN5O4S-. The lowest BCUT2D eigenvalue weighted by atomic mass is 10.1. The quantitative estimate of drug-likeness (QED) is 0.320. The molecule has 0 amide bonds. The van der Waals surface area contributed by atoms with Gasteiger partial charge in [-0.15, -0.1) is 11.3 Å². The zero-order valence-corrected chi connectivity index (χ0v) is 25.0. The second-order valence-corrected chi connectivity index (χ2v) is 9.86. The molecule has 1 saturated carbocycles. The third-order valence-corrected chi connectivity index (χ3v) is 7.62. The van der Waals surface area contributed by atoms with E-state index in [1.807, 2.05) is 71.2 Å². The summed E-state index contributed by atoms with van der Waals surface area (Å²) in [5.41, 5.74) is 4.53. The topological polar surface area (TPSA) is 84.3 Å². The molecule has 0 spiro atoms. The van der Waals surface area contributed by atoms with Gasteiger partial charge in [0.25, 0.3) is 5.56 Å².